The summed E-state index contributed by atoms with van der Waals surface area (Å²) >= 11 is 0. The van der Waals surface area contributed by atoms with Gasteiger partial charge in [0, 0.05) is 40.0 Å². The maximum Gasteiger partial charge on any atom is 0.146 e. The zero-order valence-electron chi connectivity index (χ0n) is 8.75. The molecule has 0 bridgehead atoms. The molecule has 0 spiro atoms. The van der Waals surface area contributed by atoms with Crippen LogP contribution in [0.15, 0.2) is 6.20 Å². The van der Waals surface area contributed by atoms with Gasteiger partial charge in [0.25, 0.3) is 0 Å². The molecule has 0 amide bonds. The quantitative estimate of drug-likeness (QED) is 0.691. The van der Waals surface area contributed by atoms with Gasteiger partial charge in [0.05, 0.1) is 17.6 Å². The van der Waals surface area contributed by atoms with Gasteiger partial charge in [0.1, 0.15) is 5.82 Å². The average Bonchev–Trinajstić information content (AvgIpc) is 2.41. The summed E-state index contributed by atoms with van der Waals surface area (Å²) in [6.07, 6.45) is 3.84. The van der Waals surface area contributed by atoms with Crippen molar-refractivity contribution >= 4 is 5.82 Å². The molecule has 2 rings (SSSR count). The molecule has 0 fully saturated rings. The number of hydrogen-bond donors (Lipinski definition) is 1. The molecule has 1 aliphatic rings. The largest absolute Gasteiger partial charge is 0.361 e. The van der Waals surface area contributed by atoms with Crippen molar-refractivity contribution in [1.29, 1.82) is 0 Å². The Bertz CT molecular complexity index is 322. The van der Waals surface area contributed by atoms with Crippen LogP contribution in [0.5, 0.6) is 0 Å². The van der Waals surface area contributed by atoms with Crippen LogP contribution in [0.1, 0.15) is 11.4 Å². The second-order valence-electron chi connectivity index (χ2n) is 3.77. The van der Waals surface area contributed by atoms with Crippen LogP contribution in [0.2, 0.25) is 0 Å². The van der Waals surface area contributed by atoms with E-state index >= 15 is 0 Å². The van der Waals surface area contributed by atoms with Gasteiger partial charge in [-0.25, -0.2) is 4.98 Å². The van der Waals surface area contributed by atoms with Gasteiger partial charge in [0.15, 0.2) is 0 Å². The second kappa shape index (κ2) is 3.92. The predicted octanol–water partition coefficient (Wildman–Crippen LogP) is 0.231. The molecular weight excluding hydrogens is 176 g/mol. The van der Waals surface area contributed by atoms with E-state index in [0.29, 0.717) is 0 Å². The van der Waals surface area contributed by atoms with Crippen molar-refractivity contribution in [2.45, 2.75) is 12.8 Å². The van der Waals surface area contributed by atoms with Gasteiger partial charge >= 0.3 is 0 Å². The third-order valence-electron chi connectivity index (χ3n) is 2.45. The highest BCUT2D eigenvalue weighted by atomic mass is 15.1. The predicted molar refractivity (Wildman–Crippen MR) is 56.6 cm³/mol. The number of aromatic nitrogens is 2. The van der Waals surface area contributed by atoms with Gasteiger partial charge in [-0.3, -0.25) is 4.98 Å². The van der Waals surface area contributed by atoms with Gasteiger partial charge in [-0.15, -0.1) is 0 Å². The van der Waals surface area contributed by atoms with Crippen LogP contribution in [0.25, 0.3) is 0 Å². The molecule has 2 heterocycles. The zero-order valence-corrected chi connectivity index (χ0v) is 8.75. The third kappa shape index (κ3) is 1.85. The first-order valence-electron chi connectivity index (χ1n) is 5.00. The van der Waals surface area contributed by atoms with Gasteiger partial charge in [-0.2, -0.15) is 0 Å². The minimum absolute atomic E-state index is 0.950. The Morgan fingerprint density at radius 2 is 1.93 bits per heavy atom. The highest BCUT2D eigenvalue weighted by Crippen LogP contribution is 2.12. The van der Waals surface area contributed by atoms with E-state index in [2.05, 4.69) is 15.3 Å². The maximum atomic E-state index is 4.60. The number of fused-ring (bicyclic) bond motifs is 1. The number of nitrogens with zero attached hydrogens (tertiary/aromatic N) is 3. The Hall–Kier alpha value is -1.16. The van der Waals surface area contributed by atoms with Crippen molar-refractivity contribution in [1.82, 2.24) is 15.3 Å². The van der Waals surface area contributed by atoms with E-state index in [1.807, 2.05) is 25.2 Å². The molecule has 1 N–H and O–H groups in total. The molecule has 1 aromatic heterocycles. The summed E-state index contributed by atoms with van der Waals surface area (Å²) in [7, 11) is 3.98. The highest BCUT2D eigenvalue weighted by molar-refractivity contribution is 5.36. The SMILES string of the molecule is CN(C)c1cnc2c(n1)CCNCC2. The molecule has 0 saturated carbocycles. The summed E-state index contributed by atoms with van der Waals surface area (Å²) < 4.78 is 0. The summed E-state index contributed by atoms with van der Waals surface area (Å²) in [6, 6.07) is 0. The van der Waals surface area contributed by atoms with Crippen LogP contribution in [0.3, 0.4) is 0 Å². The Balaban J connectivity index is 2.32. The third-order valence-corrected chi connectivity index (χ3v) is 2.45. The Morgan fingerprint density at radius 1 is 1.21 bits per heavy atom. The molecular formula is C10H16N4. The molecule has 4 heteroatoms. The number of anilines is 1. The van der Waals surface area contributed by atoms with Crippen molar-refractivity contribution in [3.05, 3.63) is 17.6 Å². The molecule has 0 unspecified atom stereocenters. The van der Waals surface area contributed by atoms with Gasteiger partial charge < -0.3 is 10.2 Å². The molecule has 76 valence electrons. The number of hydrogen-bond acceptors (Lipinski definition) is 4. The Morgan fingerprint density at radius 3 is 2.64 bits per heavy atom. The van der Waals surface area contributed by atoms with Crippen LogP contribution >= 0.6 is 0 Å². The lowest BCUT2D eigenvalue weighted by Gasteiger charge is -2.12. The summed E-state index contributed by atoms with van der Waals surface area (Å²) in [5.74, 6) is 0.950. The fourth-order valence-electron chi connectivity index (χ4n) is 1.60. The summed E-state index contributed by atoms with van der Waals surface area (Å²) in [4.78, 5) is 11.0. The topological polar surface area (TPSA) is 41.1 Å². The standard InChI is InChI=1S/C10H16N4/c1-14(2)10-7-12-8-3-5-11-6-4-9(8)13-10/h7,11H,3-6H2,1-2H3. The second-order valence-corrected chi connectivity index (χ2v) is 3.77. The average molecular weight is 192 g/mol. The monoisotopic (exact) mass is 192 g/mol. The molecule has 14 heavy (non-hydrogen) atoms. The van der Waals surface area contributed by atoms with E-state index in [1.165, 1.54) is 0 Å². The summed E-state index contributed by atoms with van der Waals surface area (Å²) in [6.45, 7) is 2.03. The van der Waals surface area contributed by atoms with E-state index in [0.717, 1.165) is 43.1 Å². The van der Waals surface area contributed by atoms with Crippen molar-refractivity contribution < 1.29 is 0 Å². The minimum atomic E-state index is 0.950. The van der Waals surface area contributed by atoms with Crippen molar-refractivity contribution in [2.24, 2.45) is 0 Å². The number of rotatable bonds is 1. The van der Waals surface area contributed by atoms with Gasteiger partial charge in [0.2, 0.25) is 0 Å². The lowest BCUT2D eigenvalue weighted by atomic mass is 10.2. The smallest absolute Gasteiger partial charge is 0.146 e. The molecule has 0 radical (unpaired) electrons. The van der Waals surface area contributed by atoms with Crippen molar-refractivity contribution in [3.63, 3.8) is 0 Å². The lowest BCUT2D eigenvalue weighted by molar-refractivity contribution is 0.706. The lowest BCUT2D eigenvalue weighted by Crippen LogP contribution is -2.16. The molecule has 4 nitrogen and oxygen atoms in total. The van der Waals surface area contributed by atoms with Crippen LogP contribution in [0.4, 0.5) is 5.82 Å². The molecule has 0 saturated heterocycles. The normalized spacial score (nSPS) is 15.9. The zero-order chi connectivity index (χ0) is 9.97. The van der Waals surface area contributed by atoms with Crippen molar-refractivity contribution in [2.75, 3.05) is 32.1 Å². The van der Waals surface area contributed by atoms with Crippen LogP contribution < -0.4 is 10.2 Å². The van der Waals surface area contributed by atoms with E-state index in [9.17, 15) is 0 Å². The van der Waals surface area contributed by atoms with Crippen LogP contribution in [-0.2, 0) is 12.8 Å². The molecule has 0 aliphatic carbocycles. The first-order chi connectivity index (χ1) is 6.77. The molecule has 1 aromatic rings. The molecule has 1 aliphatic heterocycles. The maximum absolute atomic E-state index is 4.60. The first-order valence-corrected chi connectivity index (χ1v) is 5.00. The molecule has 0 aromatic carbocycles. The highest BCUT2D eigenvalue weighted by Gasteiger charge is 2.11. The van der Waals surface area contributed by atoms with Gasteiger partial charge in [-0.05, 0) is 0 Å². The fraction of sp³-hybridized carbons (Fsp3) is 0.600. The van der Waals surface area contributed by atoms with E-state index in [-0.39, 0.29) is 0 Å². The Labute approximate surface area is 84.4 Å². The first kappa shape index (κ1) is 9.40. The minimum Gasteiger partial charge on any atom is -0.361 e. The number of nitrogens with one attached hydrogen (secondary N) is 1. The van der Waals surface area contributed by atoms with E-state index in [1.54, 1.807) is 0 Å². The fourth-order valence-corrected chi connectivity index (χ4v) is 1.60. The van der Waals surface area contributed by atoms with Gasteiger partial charge in [-0.1, -0.05) is 0 Å². The molecule has 0 atom stereocenters. The van der Waals surface area contributed by atoms with Crippen LogP contribution in [-0.4, -0.2) is 37.2 Å². The summed E-state index contributed by atoms with van der Waals surface area (Å²) in [5, 5.41) is 3.35. The van der Waals surface area contributed by atoms with E-state index < -0.39 is 0 Å². The van der Waals surface area contributed by atoms with E-state index in [4.69, 9.17) is 0 Å². The van der Waals surface area contributed by atoms with Crippen molar-refractivity contribution in [3.8, 4) is 0 Å². The van der Waals surface area contributed by atoms with Crippen LogP contribution in [0, 0.1) is 0 Å². The summed E-state index contributed by atoms with van der Waals surface area (Å²) in [5.41, 5.74) is 2.31. The Kier molecular flexibility index (Phi) is 2.63.